The highest BCUT2D eigenvalue weighted by Gasteiger charge is 2.88. The van der Waals surface area contributed by atoms with E-state index in [2.05, 4.69) is 0 Å². The first-order chi connectivity index (χ1) is 10.5. The Labute approximate surface area is 125 Å². The topological polar surface area (TPSA) is 26.3 Å². The standard InChI is InChI=1S/C17H17F3O2/c18-17(19,20)16(21)22-6-2-5-11-7-3-1-4-8(7)12(5)15-10(4)9(3)14(11)13(6)15/h3-15H,1-2H2/t3-,4+,5?,6-,7-,8+,9+,10-,11+,12-,13?,14-,15+/m0/s1. The van der Waals surface area contributed by atoms with E-state index in [1.165, 1.54) is 6.42 Å². The van der Waals surface area contributed by atoms with Crippen LogP contribution in [-0.2, 0) is 9.53 Å². The van der Waals surface area contributed by atoms with Crippen molar-refractivity contribution in [1.29, 1.82) is 0 Å². The molecule has 0 aliphatic heterocycles. The van der Waals surface area contributed by atoms with Crippen LogP contribution in [0.1, 0.15) is 12.8 Å². The average Bonchev–Trinajstić information content (AvgIpc) is 3.13. The van der Waals surface area contributed by atoms with Crippen LogP contribution in [0.2, 0.25) is 0 Å². The minimum Gasteiger partial charge on any atom is -0.455 e. The summed E-state index contributed by atoms with van der Waals surface area (Å²) >= 11 is 0. The largest absolute Gasteiger partial charge is 0.490 e. The number of hydrogen-bond donors (Lipinski definition) is 0. The van der Waals surface area contributed by atoms with Gasteiger partial charge in [-0.2, -0.15) is 13.2 Å². The van der Waals surface area contributed by atoms with Crippen molar-refractivity contribution in [2.24, 2.45) is 71.0 Å². The highest BCUT2D eigenvalue weighted by Crippen LogP contribution is 2.91. The quantitative estimate of drug-likeness (QED) is 0.696. The van der Waals surface area contributed by atoms with Crippen molar-refractivity contribution in [3.8, 4) is 0 Å². The molecule has 118 valence electrons. The molecule has 0 heterocycles. The fraction of sp³-hybridized carbons (Fsp3) is 0.941. The van der Waals surface area contributed by atoms with Crippen molar-refractivity contribution in [3.05, 3.63) is 0 Å². The fourth-order valence-electron chi connectivity index (χ4n) is 10.0. The number of ether oxygens (including phenoxy) is 1. The highest BCUT2D eigenvalue weighted by atomic mass is 19.4. The van der Waals surface area contributed by atoms with Gasteiger partial charge in [0.15, 0.2) is 0 Å². The van der Waals surface area contributed by atoms with Crippen LogP contribution in [0, 0.1) is 71.0 Å². The lowest BCUT2D eigenvalue weighted by Gasteiger charge is -2.51. The van der Waals surface area contributed by atoms with Crippen LogP contribution >= 0.6 is 0 Å². The average molecular weight is 310 g/mol. The maximum atomic E-state index is 12.6. The fourth-order valence-corrected chi connectivity index (χ4v) is 10.0. The van der Waals surface area contributed by atoms with E-state index in [9.17, 15) is 18.0 Å². The minimum absolute atomic E-state index is 0.268. The summed E-state index contributed by atoms with van der Waals surface area (Å²) in [5.41, 5.74) is 0. The van der Waals surface area contributed by atoms with Gasteiger partial charge in [-0.15, -0.1) is 0 Å². The summed E-state index contributed by atoms with van der Waals surface area (Å²) in [5.74, 6) is 6.79. The molecule has 22 heavy (non-hydrogen) atoms. The molecule has 0 spiro atoms. The van der Waals surface area contributed by atoms with Crippen molar-refractivity contribution in [2.45, 2.75) is 25.1 Å². The van der Waals surface area contributed by atoms with Crippen molar-refractivity contribution in [3.63, 3.8) is 0 Å². The Hall–Kier alpha value is -0.740. The molecule has 0 aromatic carbocycles. The number of hydrogen-bond acceptors (Lipinski definition) is 2. The first kappa shape index (κ1) is 11.7. The number of carbonyl (C=O) groups excluding carboxylic acids is 1. The molecule has 8 aliphatic carbocycles. The van der Waals surface area contributed by atoms with E-state index >= 15 is 0 Å². The van der Waals surface area contributed by atoms with Crippen LogP contribution in [0.3, 0.4) is 0 Å². The number of rotatable bonds is 1. The third-order valence-corrected chi connectivity index (χ3v) is 9.38. The molecule has 2 unspecified atom stereocenters. The van der Waals surface area contributed by atoms with Gasteiger partial charge in [0.05, 0.1) is 0 Å². The molecule has 0 N–H and O–H groups in total. The second-order valence-electron chi connectivity index (χ2n) is 9.10. The van der Waals surface area contributed by atoms with Crippen LogP contribution in [0.4, 0.5) is 13.2 Å². The molecule has 0 radical (unpaired) electrons. The Balaban J connectivity index is 1.31. The molecule has 8 rings (SSSR count). The molecule has 4 bridgehead atoms. The molecule has 0 saturated heterocycles. The first-order valence-electron chi connectivity index (χ1n) is 8.76. The van der Waals surface area contributed by atoms with Crippen molar-refractivity contribution >= 4 is 5.97 Å². The summed E-state index contributed by atoms with van der Waals surface area (Å²) in [4.78, 5) is 11.3. The van der Waals surface area contributed by atoms with E-state index < -0.39 is 18.2 Å². The summed E-state index contributed by atoms with van der Waals surface area (Å²) in [7, 11) is 0. The number of esters is 1. The lowest BCUT2D eigenvalue weighted by molar-refractivity contribution is -0.217. The van der Waals surface area contributed by atoms with E-state index in [-0.39, 0.29) is 5.92 Å². The smallest absolute Gasteiger partial charge is 0.455 e. The molecule has 0 amide bonds. The van der Waals surface area contributed by atoms with Crippen molar-refractivity contribution in [1.82, 2.24) is 0 Å². The van der Waals surface area contributed by atoms with Crippen LogP contribution in [-0.4, -0.2) is 18.2 Å². The van der Waals surface area contributed by atoms with E-state index in [1.54, 1.807) is 0 Å². The third-order valence-electron chi connectivity index (χ3n) is 9.38. The first-order valence-corrected chi connectivity index (χ1v) is 8.76. The van der Waals surface area contributed by atoms with E-state index in [1.807, 2.05) is 0 Å². The van der Waals surface area contributed by atoms with Crippen LogP contribution in [0.5, 0.6) is 0 Å². The van der Waals surface area contributed by atoms with Crippen LogP contribution < -0.4 is 0 Å². The third kappa shape index (κ3) is 0.883. The summed E-state index contributed by atoms with van der Waals surface area (Å²) in [5, 5.41) is 0. The van der Waals surface area contributed by atoms with Gasteiger partial charge in [-0.3, -0.25) is 0 Å². The lowest BCUT2D eigenvalue weighted by Crippen LogP contribution is -2.52. The number of alkyl halides is 3. The Morgan fingerprint density at radius 3 is 1.68 bits per heavy atom. The summed E-state index contributed by atoms with van der Waals surface area (Å²) in [6.07, 6.45) is -3.15. The zero-order valence-corrected chi connectivity index (χ0v) is 11.9. The van der Waals surface area contributed by atoms with Gasteiger partial charge in [-0.1, -0.05) is 0 Å². The predicted octanol–water partition coefficient (Wildman–Crippen LogP) is 2.73. The number of carbonyl (C=O) groups is 1. The molecule has 8 aliphatic rings. The molecule has 8 fully saturated rings. The molecule has 5 heteroatoms. The Bertz CT molecular complexity index is 596. The molecule has 8 saturated carbocycles. The van der Waals surface area contributed by atoms with Gasteiger partial charge in [0, 0.05) is 5.92 Å². The van der Waals surface area contributed by atoms with Gasteiger partial charge in [0.1, 0.15) is 6.10 Å². The lowest BCUT2D eigenvalue weighted by atomic mass is 9.56. The molecule has 0 aromatic heterocycles. The molecule has 13 atom stereocenters. The Morgan fingerprint density at radius 2 is 1.18 bits per heavy atom. The van der Waals surface area contributed by atoms with E-state index in [0.717, 1.165) is 53.8 Å². The SMILES string of the molecule is O=C(O[C@H]1CC2[C@@H]3[C@@H]4C1[C@@H]1[C@H]2[C@H]2[C@@H]5C[C@@H]([C@H]4[C@@H]51)[C@@H]32)C(F)(F)F. The van der Waals surface area contributed by atoms with Gasteiger partial charge in [0.25, 0.3) is 0 Å². The second kappa shape index (κ2) is 2.98. The number of fused-ring (bicyclic) bond motifs is 1. The van der Waals surface area contributed by atoms with Gasteiger partial charge in [0.2, 0.25) is 0 Å². The van der Waals surface area contributed by atoms with E-state index in [0.29, 0.717) is 17.8 Å². The molecule has 2 nitrogen and oxygen atoms in total. The van der Waals surface area contributed by atoms with Gasteiger partial charge < -0.3 is 4.74 Å². The van der Waals surface area contributed by atoms with Crippen molar-refractivity contribution in [2.75, 3.05) is 0 Å². The summed E-state index contributed by atoms with van der Waals surface area (Å²) in [6, 6.07) is 0. The zero-order chi connectivity index (χ0) is 14.7. The molecular formula is C17H17F3O2. The van der Waals surface area contributed by atoms with Gasteiger partial charge in [-0.05, 0) is 77.9 Å². The summed E-state index contributed by atoms with van der Waals surface area (Å²) < 4.78 is 42.8. The monoisotopic (exact) mass is 310 g/mol. The maximum Gasteiger partial charge on any atom is 0.490 e. The maximum absolute atomic E-state index is 12.6. The Morgan fingerprint density at radius 1 is 0.727 bits per heavy atom. The zero-order valence-electron chi connectivity index (χ0n) is 11.9. The number of halogens is 3. The van der Waals surface area contributed by atoms with Gasteiger partial charge >= 0.3 is 12.1 Å². The van der Waals surface area contributed by atoms with Crippen molar-refractivity contribution < 1.29 is 22.7 Å². The van der Waals surface area contributed by atoms with Gasteiger partial charge in [-0.25, -0.2) is 4.79 Å². The highest BCUT2D eigenvalue weighted by molar-refractivity contribution is 5.75. The molecular weight excluding hydrogens is 293 g/mol. The Kier molecular flexibility index (Phi) is 1.59. The minimum atomic E-state index is -4.85. The second-order valence-corrected chi connectivity index (χ2v) is 9.10. The van der Waals surface area contributed by atoms with E-state index in [4.69, 9.17) is 4.74 Å². The molecule has 0 aromatic rings. The van der Waals surface area contributed by atoms with Crippen LogP contribution in [0.15, 0.2) is 0 Å². The predicted molar refractivity (Wildman–Crippen MR) is 67.0 cm³/mol. The normalized spacial score (nSPS) is 69.9. The summed E-state index contributed by atoms with van der Waals surface area (Å²) in [6.45, 7) is 0. The van der Waals surface area contributed by atoms with Crippen LogP contribution in [0.25, 0.3) is 0 Å².